The minimum atomic E-state index is -1.12. The normalized spacial score (nSPS) is 24.5. The van der Waals surface area contributed by atoms with E-state index in [-0.39, 0.29) is 24.2 Å². The van der Waals surface area contributed by atoms with E-state index in [1.807, 2.05) is 19.1 Å². The molecule has 0 unspecified atom stereocenters. The molecule has 7 nitrogen and oxygen atoms in total. The van der Waals surface area contributed by atoms with Crippen molar-refractivity contribution in [2.75, 3.05) is 18.6 Å². The molecule has 2 aliphatic rings. The summed E-state index contributed by atoms with van der Waals surface area (Å²) in [4.78, 5) is 26.7. The van der Waals surface area contributed by atoms with Gasteiger partial charge < -0.3 is 15.0 Å². The average molecular weight is 358 g/mol. The summed E-state index contributed by atoms with van der Waals surface area (Å²) in [6, 6.07) is 7.68. The van der Waals surface area contributed by atoms with E-state index in [4.69, 9.17) is 4.74 Å². The van der Waals surface area contributed by atoms with Crippen molar-refractivity contribution in [2.45, 2.75) is 31.6 Å². The number of halogens is 1. The number of hydrogen-bond donors (Lipinski definition) is 1. The third-order valence-electron chi connectivity index (χ3n) is 4.85. The highest BCUT2D eigenvalue weighted by atomic mass is 19.1. The van der Waals surface area contributed by atoms with Crippen LogP contribution in [-0.2, 0) is 4.79 Å². The SMILES string of the molecule is C[C@H]1C[C@@H](F)c2cc(C(=O)N[C@H]3COc4ccccc4N(C)C3=O)nn21. The number of aromatic nitrogens is 2. The fourth-order valence-corrected chi connectivity index (χ4v) is 3.42. The van der Waals surface area contributed by atoms with E-state index in [1.54, 1.807) is 19.2 Å². The van der Waals surface area contributed by atoms with Gasteiger partial charge in [-0.15, -0.1) is 0 Å². The molecule has 2 amide bonds. The van der Waals surface area contributed by atoms with Crippen LogP contribution in [0.2, 0.25) is 0 Å². The molecule has 1 N–H and O–H groups in total. The van der Waals surface area contributed by atoms with E-state index in [2.05, 4.69) is 10.4 Å². The molecule has 2 aliphatic heterocycles. The molecular weight excluding hydrogens is 339 g/mol. The molecule has 4 rings (SSSR count). The molecule has 0 fully saturated rings. The van der Waals surface area contributed by atoms with Crippen LogP contribution in [0.25, 0.3) is 0 Å². The number of nitrogens with zero attached hydrogens (tertiary/aromatic N) is 3. The Labute approximate surface area is 149 Å². The first-order valence-corrected chi connectivity index (χ1v) is 8.49. The number of anilines is 1. The second-order valence-electron chi connectivity index (χ2n) is 6.65. The molecule has 0 aliphatic carbocycles. The molecule has 8 heteroatoms. The van der Waals surface area contributed by atoms with Crippen molar-refractivity contribution in [3.63, 3.8) is 0 Å². The summed E-state index contributed by atoms with van der Waals surface area (Å²) in [5.41, 5.74) is 1.14. The van der Waals surface area contributed by atoms with Crippen LogP contribution >= 0.6 is 0 Å². The Kier molecular flexibility index (Phi) is 3.90. The maximum atomic E-state index is 13.9. The molecule has 0 saturated carbocycles. The van der Waals surface area contributed by atoms with E-state index in [1.165, 1.54) is 15.6 Å². The number of nitrogens with one attached hydrogen (secondary N) is 1. The number of ether oxygens (including phenoxy) is 1. The summed E-state index contributed by atoms with van der Waals surface area (Å²) >= 11 is 0. The van der Waals surface area contributed by atoms with E-state index in [9.17, 15) is 14.0 Å². The number of para-hydroxylation sites is 2. The van der Waals surface area contributed by atoms with Gasteiger partial charge in [0.2, 0.25) is 0 Å². The highest BCUT2D eigenvalue weighted by molar-refractivity contribution is 6.02. The standard InChI is InChI=1S/C18H19FN4O3/c1-10-7-11(19)15-8-12(21-23(10)15)17(24)20-13-9-26-16-6-4-3-5-14(16)22(2)18(13)25/h3-6,8,10-11,13H,7,9H2,1-2H3,(H,20,24)/t10-,11+,13-/m0/s1. The fourth-order valence-electron chi connectivity index (χ4n) is 3.42. The lowest BCUT2D eigenvalue weighted by molar-refractivity contribution is -0.120. The smallest absolute Gasteiger partial charge is 0.272 e. The second-order valence-corrected chi connectivity index (χ2v) is 6.65. The molecule has 1 aromatic carbocycles. The first-order valence-electron chi connectivity index (χ1n) is 8.49. The van der Waals surface area contributed by atoms with Crippen LogP contribution in [0.15, 0.2) is 30.3 Å². The first-order chi connectivity index (χ1) is 12.5. The third-order valence-corrected chi connectivity index (χ3v) is 4.85. The number of carbonyl (C=O) groups is 2. The van der Waals surface area contributed by atoms with Gasteiger partial charge in [0.05, 0.1) is 17.4 Å². The zero-order valence-corrected chi connectivity index (χ0v) is 14.5. The molecule has 3 atom stereocenters. The van der Waals surface area contributed by atoms with Crippen molar-refractivity contribution >= 4 is 17.5 Å². The number of fused-ring (bicyclic) bond motifs is 2. The number of hydrogen-bond acceptors (Lipinski definition) is 4. The Bertz CT molecular complexity index is 856. The quantitative estimate of drug-likeness (QED) is 0.891. The van der Waals surface area contributed by atoms with Gasteiger partial charge in [-0.05, 0) is 25.1 Å². The topological polar surface area (TPSA) is 76.5 Å². The molecule has 0 spiro atoms. The van der Waals surface area contributed by atoms with Crippen LogP contribution in [-0.4, -0.2) is 41.3 Å². The van der Waals surface area contributed by atoms with Gasteiger partial charge in [-0.2, -0.15) is 5.10 Å². The van der Waals surface area contributed by atoms with Crippen LogP contribution in [0.1, 0.15) is 41.7 Å². The molecule has 3 heterocycles. The highest BCUT2D eigenvalue weighted by Crippen LogP contribution is 2.36. The molecule has 26 heavy (non-hydrogen) atoms. The van der Waals surface area contributed by atoms with Crippen molar-refractivity contribution < 1.29 is 18.7 Å². The van der Waals surface area contributed by atoms with Gasteiger partial charge >= 0.3 is 0 Å². The molecular formula is C18H19FN4O3. The summed E-state index contributed by atoms with van der Waals surface area (Å²) in [5.74, 6) is -0.227. The summed E-state index contributed by atoms with van der Waals surface area (Å²) < 4.78 is 21.2. The molecule has 136 valence electrons. The van der Waals surface area contributed by atoms with Crippen molar-refractivity contribution in [3.8, 4) is 5.75 Å². The predicted molar refractivity (Wildman–Crippen MR) is 92.0 cm³/mol. The average Bonchev–Trinajstić information content (AvgIpc) is 3.16. The minimum absolute atomic E-state index is 0.0155. The van der Waals surface area contributed by atoms with Crippen LogP contribution < -0.4 is 15.0 Å². The maximum Gasteiger partial charge on any atom is 0.272 e. The van der Waals surface area contributed by atoms with Crippen LogP contribution in [0, 0.1) is 0 Å². The summed E-state index contributed by atoms with van der Waals surface area (Å²) in [6.45, 7) is 1.87. The highest BCUT2D eigenvalue weighted by Gasteiger charge is 2.34. The monoisotopic (exact) mass is 358 g/mol. The van der Waals surface area contributed by atoms with Gasteiger partial charge in [0.15, 0.2) is 5.69 Å². The molecule has 2 aromatic rings. The Balaban J connectivity index is 1.53. The minimum Gasteiger partial charge on any atom is -0.489 e. The van der Waals surface area contributed by atoms with Gasteiger partial charge in [-0.1, -0.05) is 12.1 Å². The van der Waals surface area contributed by atoms with E-state index < -0.39 is 18.1 Å². The second kappa shape index (κ2) is 6.12. The molecule has 0 bridgehead atoms. The Morgan fingerprint density at radius 3 is 2.92 bits per heavy atom. The van der Waals surface area contributed by atoms with E-state index >= 15 is 0 Å². The van der Waals surface area contributed by atoms with Gasteiger partial charge in [0, 0.05) is 13.5 Å². The molecule has 0 saturated heterocycles. The summed E-state index contributed by atoms with van der Waals surface area (Å²) in [6.07, 6.45) is -0.759. The number of rotatable bonds is 2. The number of alkyl halides is 1. The number of amides is 2. The Morgan fingerprint density at radius 1 is 1.38 bits per heavy atom. The number of benzene rings is 1. The van der Waals surface area contributed by atoms with Crippen LogP contribution in [0.3, 0.4) is 0 Å². The molecule has 0 radical (unpaired) electrons. The third kappa shape index (κ3) is 2.61. The zero-order valence-electron chi connectivity index (χ0n) is 14.5. The van der Waals surface area contributed by atoms with Crippen LogP contribution in [0.5, 0.6) is 5.75 Å². The predicted octanol–water partition coefficient (Wildman–Crippen LogP) is 2.01. The fraction of sp³-hybridized carbons (Fsp3) is 0.389. The number of carbonyl (C=O) groups excluding carboxylic acids is 2. The lowest BCUT2D eigenvalue weighted by Crippen LogP contribution is -2.49. The zero-order chi connectivity index (χ0) is 18.4. The van der Waals surface area contributed by atoms with Gasteiger partial charge in [0.1, 0.15) is 24.6 Å². The maximum absolute atomic E-state index is 13.9. The lowest BCUT2D eigenvalue weighted by Gasteiger charge is -2.20. The summed E-state index contributed by atoms with van der Waals surface area (Å²) in [5, 5.41) is 6.85. The van der Waals surface area contributed by atoms with Crippen molar-refractivity contribution in [3.05, 3.63) is 41.7 Å². The van der Waals surface area contributed by atoms with E-state index in [0.29, 0.717) is 23.6 Å². The summed E-state index contributed by atoms with van der Waals surface area (Å²) in [7, 11) is 1.63. The van der Waals surface area contributed by atoms with Gasteiger partial charge in [0.25, 0.3) is 11.8 Å². The Hall–Kier alpha value is -2.90. The van der Waals surface area contributed by atoms with Crippen LogP contribution in [0.4, 0.5) is 10.1 Å². The molecule has 1 aromatic heterocycles. The van der Waals surface area contributed by atoms with Crippen molar-refractivity contribution in [1.82, 2.24) is 15.1 Å². The van der Waals surface area contributed by atoms with Gasteiger partial charge in [-0.3, -0.25) is 14.3 Å². The Morgan fingerprint density at radius 2 is 2.15 bits per heavy atom. The van der Waals surface area contributed by atoms with Crippen molar-refractivity contribution in [1.29, 1.82) is 0 Å². The van der Waals surface area contributed by atoms with Crippen molar-refractivity contribution in [2.24, 2.45) is 0 Å². The first kappa shape index (κ1) is 16.6. The lowest BCUT2D eigenvalue weighted by atomic mass is 10.2. The van der Waals surface area contributed by atoms with E-state index in [0.717, 1.165) is 0 Å². The number of likely N-dealkylation sites (N-methyl/N-ethyl adjacent to an activating group) is 1. The largest absolute Gasteiger partial charge is 0.489 e. The van der Waals surface area contributed by atoms with Gasteiger partial charge in [-0.25, -0.2) is 4.39 Å².